The third kappa shape index (κ3) is 6.46. The number of carbonyl (C=O) groups is 3. The maximum absolute atomic E-state index is 12.5. The second kappa shape index (κ2) is 10.6. The molecule has 1 saturated carbocycles. The van der Waals surface area contributed by atoms with Gasteiger partial charge in [0, 0.05) is 6.04 Å². The van der Waals surface area contributed by atoms with Gasteiger partial charge in [-0.05, 0) is 36.3 Å². The highest BCUT2D eigenvalue weighted by molar-refractivity contribution is 6.33. The smallest absolute Gasteiger partial charge is 0.329 e. The van der Waals surface area contributed by atoms with E-state index in [1.807, 2.05) is 0 Å². The Morgan fingerprint density at radius 3 is 2.52 bits per heavy atom. The molecule has 1 aliphatic carbocycles. The quantitative estimate of drug-likeness (QED) is 0.658. The summed E-state index contributed by atoms with van der Waals surface area (Å²) in [4.78, 5) is 37.2. The number of carbonyl (C=O) groups excluding carboxylic acids is 3. The molecule has 2 amide bonds. The molecule has 4 atom stereocenters. The van der Waals surface area contributed by atoms with Crippen LogP contribution in [0.4, 0.5) is 0 Å². The molecule has 2 N–H and O–H groups in total. The van der Waals surface area contributed by atoms with Crippen LogP contribution in [0, 0.1) is 17.8 Å². The summed E-state index contributed by atoms with van der Waals surface area (Å²) in [5.41, 5.74) is 0.283. The third-order valence-electron chi connectivity index (χ3n) is 5.72. The second-order valence-corrected chi connectivity index (χ2v) is 8.63. The summed E-state index contributed by atoms with van der Waals surface area (Å²) >= 11 is 6.05. The van der Waals surface area contributed by atoms with Gasteiger partial charge in [0.25, 0.3) is 11.8 Å². The molecule has 1 aromatic carbocycles. The lowest BCUT2D eigenvalue weighted by Crippen LogP contribution is -2.48. The Kier molecular flexibility index (Phi) is 8.50. The van der Waals surface area contributed by atoms with Gasteiger partial charge in [-0.15, -0.1) is 0 Å². The molecule has 2 rings (SSSR count). The van der Waals surface area contributed by atoms with Crippen molar-refractivity contribution in [2.45, 2.75) is 59.0 Å². The molecule has 6 nitrogen and oxygen atoms in total. The highest BCUT2D eigenvalue weighted by Gasteiger charge is 2.30. The summed E-state index contributed by atoms with van der Waals surface area (Å²) in [5, 5.41) is 5.94. The largest absolute Gasteiger partial charge is 0.454 e. The van der Waals surface area contributed by atoms with Crippen LogP contribution in [-0.4, -0.2) is 36.5 Å². The zero-order valence-electron chi connectivity index (χ0n) is 17.5. The molecule has 0 radical (unpaired) electrons. The monoisotopic (exact) mass is 422 g/mol. The molecule has 1 fully saturated rings. The van der Waals surface area contributed by atoms with Gasteiger partial charge in [0.15, 0.2) is 6.61 Å². The van der Waals surface area contributed by atoms with E-state index in [9.17, 15) is 14.4 Å². The maximum atomic E-state index is 12.5. The predicted molar refractivity (Wildman–Crippen MR) is 113 cm³/mol. The van der Waals surface area contributed by atoms with Crippen LogP contribution >= 0.6 is 11.6 Å². The molecule has 0 aliphatic heterocycles. The van der Waals surface area contributed by atoms with Crippen LogP contribution in [0.3, 0.4) is 0 Å². The van der Waals surface area contributed by atoms with Crippen molar-refractivity contribution in [3.05, 3.63) is 34.9 Å². The third-order valence-corrected chi connectivity index (χ3v) is 6.05. The van der Waals surface area contributed by atoms with Gasteiger partial charge >= 0.3 is 5.97 Å². The van der Waals surface area contributed by atoms with Crippen LogP contribution in [0.15, 0.2) is 24.3 Å². The highest BCUT2D eigenvalue weighted by atomic mass is 35.5. The Balaban J connectivity index is 1.90. The number of rotatable bonds is 7. The van der Waals surface area contributed by atoms with E-state index in [1.54, 1.807) is 38.1 Å². The van der Waals surface area contributed by atoms with E-state index >= 15 is 0 Å². The van der Waals surface area contributed by atoms with Crippen molar-refractivity contribution in [3.63, 3.8) is 0 Å². The van der Waals surface area contributed by atoms with E-state index in [4.69, 9.17) is 16.3 Å². The summed E-state index contributed by atoms with van der Waals surface area (Å²) in [5.74, 6) is -0.676. The Labute approximate surface area is 177 Å². The Morgan fingerprint density at radius 1 is 1.17 bits per heavy atom. The Morgan fingerprint density at radius 2 is 1.86 bits per heavy atom. The number of hydrogen-bond donors (Lipinski definition) is 2. The van der Waals surface area contributed by atoms with Crippen molar-refractivity contribution in [1.82, 2.24) is 10.6 Å². The first-order valence-corrected chi connectivity index (χ1v) is 10.6. The minimum Gasteiger partial charge on any atom is -0.454 e. The molecule has 1 aromatic rings. The standard InChI is InChI=1S/C22H31ClN2O4/c1-13(2)20(25-21(27)16-9-5-6-10-17(16)23)22(28)29-12-19(26)24-18-11-7-8-14(3)15(18)4/h5-6,9-10,13-15,18,20H,7-8,11-12H2,1-4H3,(H,24,26)(H,25,27)/t14-,15+,18-,20-/m0/s1. The SMILES string of the molecule is CC(C)[C@H](NC(=O)c1ccccc1Cl)C(=O)OCC(=O)N[C@H]1CCC[C@H](C)[C@H]1C. The lowest BCUT2D eigenvalue weighted by atomic mass is 9.78. The minimum absolute atomic E-state index is 0.103. The van der Waals surface area contributed by atoms with Gasteiger partial charge < -0.3 is 15.4 Å². The number of ether oxygens (including phenoxy) is 1. The average molecular weight is 423 g/mol. The van der Waals surface area contributed by atoms with Crippen molar-refractivity contribution in [3.8, 4) is 0 Å². The molecular weight excluding hydrogens is 392 g/mol. The molecule has 160 valence electrons. The van der Waals surface area contributed by atoms with Crippen LogP contribution < -0.4 is 10.6 Å². The number of nitrogens with one attached hydrogen (secondary N) is 2. The van der Waals surface area contributed by atoms with Gasteiger partial charge in [-0.2, -0.15) is 0 Å². The fourth-order valence-electron chi connectivity index (χ4n) is 3.62. The summed E-state index contributed by atoms with van der Waals surface area (Å²) in [6.07, 6.45) is 3.19. The van der Waals surface area contributed by atoms with Gasteiger partial charge in [0.2, 0.25) is 0 Å². The number of esters is 1. The van der Waals surface area contributed by atoms with Crippen LogP contribution in [0.1, 0.15) is 57.3 Å². The molecule has 29 heavy (non-hydrogen) atoms. The van der Waals surface area contributed by atoms with Crippen LogP contribution in [0.5, 0.6) is 0 Å². The molecule has 1 aliphatic rings. The number of benzene rings is 1. The molecular formula is C22H31ClN2O4. The predicted octanol–water partition coefficient (Wildman–Crippen LogP) is 3.58. The van der Waals surface area contributed by atoms with Gasteiger partial charge in [0.1, 0.15) is 6.04 Å². The van der Waals surface area contributed by atoms with Gasteiger partial charge in [-0.1, -0.05) is 64.3 Å². The molecule has 0 bridgehead atoms. The number of halogens is 1. The van der Waals surface area contributed by atoms with E-state index < -0.39 is 17.9 Å². The second-order valence-electron chi connectivity index (χ2n) is 8.22. The molecule has 0 unspecified atom stereocenters. The molecule has 0 heterocycles. The first kappa shape index (κ1) is 23.2. The fraction of sp³-hybridized carbons (Fsp3) is 0.591. The van der Waals surface area contributed by atoms with Crippen molar-refractivity contribution in [1.29, 1.82) is 0 Å². The average Bonchev–Trinajstić information content (AvgIpc) is 2.67. The van der Waals surface area contributed by atoms with Gasteiger partial charge in [-0.3, -0.25) is 9.59 Å². The topological polar surface area (TPSA) is 84.5 Å². The van der Waals surface area contributed by atoms with Crippen molar-refractivity contribution in [2.75, 3.05) is 6.61 Å². The minimum atomic E-state index is -0.875. The Bertz CT molecular complexity index is 737. The van der Waals surface area contributed by atoms with Crippen LogP contribution in [-0.2, 0) is 14.3 Å². The number of amides is 2. The first-order valence-electron chi connectivity index (χ1n) is 10.2. The molecule has 0 aromatic heterocycles. The molecule has 7 heteroatoms. The molecule has 0 spiro atoms. The Hall–Kier alpha value is -2.08. The van der Waals surface area contributed by atoms with Gasteiger partial charge in [0.05, 0.1) is 10.6 Å². The number of hydrogen-bond acceptors (Lipinski definition) is 4. The highest BCUT2D eigenvalue weighted by Crippen LogP contribution is 2.29. The normalized spacial score (nSPS) is 22.6. The van der Waals surface area contributed by atoms with E-state index in [0.29, 0.717) is 16.9 Å². The van der Waals surface area contributed by atoms with Crippen LogP contribution in [0.25, 0.3) is 0 Å². The summed E-state index contributed by atoms with van der Waals surface area (Å²) in [6.45, 7) is 7.56. The zero-order valence-corrected chi connectivity index (χ0v) is 18.3. The van der Waals surface area contributed by atoms with Crippen molar-refractivity contribution >= 4 is 29.4 Å². The van der Waals surface area contributed by atoms with E-state index in [0.717, 1.165) is 12.8 Å². The van der Waals surface area contributed by atoms with Crippen LogP contribution in [0.2, 0.25) is 5.02 Å². The lowest BCUT2D eigenvalue weighted by molar-refractivity contribution is -0.151. The van der Waals surface area contributed by atoms with E-state index in [-0.39, 0.29) is 30.0 Å². The zero-order chi connectivity index (χ0) is 21.6. The fourth-order valence-corrected chi connectivity index (χ4v) is 3.84. The van der Waals surface area contributed by atoms with Gasteiger partial charge in [-0.25, -0.2) is 4.79 Å². The summed E-state index contributed by atoms with van der Waals surface area (Å²) in [6, 6.07) is 5.84. The molecule has 0 saturated heterocycles. The summed E-state index contributed by atoms with van der Waals surface area (Å²) < 4.78 is 5.20. The lowest BCUT2D eigenvalue weighted by Gasteiger charge is -2.34. The van der Waals surface area contributed by atoms with E-state index in [1.165, 1.54) is 6.42 Å². The summed E-state index contributed by atoms with van der Waals surface area (Å²) in [7, 11) is 0. The van der Waals surface area contributed by atoms with E-state index in [2.05, 4.69) is 24.5 Å². The van der Waals surface area contributed by atoms with Crippen molar-refractivity contribution in [2.24, 2.45) is 17.8 Å². The van der Waals surface area contributed by atoms with Crippen molar-refractivity contribution < 1.29 is 19.1 Å². The maximum Gasteiger partial charge on any atom is 0.329 e. The first-order chi connectivity index (χ1) is 13.7.